The van der Waals surface area contributed by atoms with Crippen molar-refractivity contribution in [1.82, 2.24) is 5.32 Å². The van der Waals surface area contributed by atoms with Crippen LogP contribution in [-0.4, -0.2) is 27.7 Å². The molecule has 0 saturated carbocycles. The fraction of sp³-hybridized carbons (Fsp3) is 0.353. The minimum Gasteiger partial charge on any atom is -0.508 e. The normalized spacial score (nSPS) is 21.4. The zero-order valence-electron chi connectivity index (χ0n) is 14.9. The van der Waals surface area contributed by atoms with E-state index in [0.29, 0.717) is 6.42 Å². The van der Waals surface area contributed by atoms with Crippen molar-refractivity contribution in [1.29, 1.82) is 0 Å². The highest BCUT2D eigenvalue weighted by atomic mass is 35.5. The van der Waals surface area contributed by atoms with E-state index in [4.69, 9.17) is 34.5 Å². The number of carbonyl (C=O) groups excluding carboxylic acids is 1. The molecule has 146 valence electrons. The van der Waals surface area contributed by atoms with E-state index in [1.54, 1.807) is 24.3 Å². The van der Waals surface area contributed by atoms with Crippen LogP contribution < -0.4 is 28.3 Å². The molecule has 1 heterocycles. The highest BCUT2D eigenvalue weighted by molar-refractivity contribution is 6.70. The van der Waals surface area contributed by atoms with Gasteiger partial charge in [0.25, 0.3) is 5.91 Å². The smallest absolute Gasteiger partial charge is 0.271 e. The number of hydrogen-bond acceptors (Lipinski definition) is 7. The number of benzene rings is 1. The Kier molecular flexibility index (Phi) is 6.29. The largest absolute Gasteiger partial charge is 0.508 e. The number of amides is 1. The number of halogens is 1. The number of nitrogens with one attached hydrogen (secondary N) is 1. The molecule has 0 radical (unpaired) electrons. The van der Waals surface area contributed by atoms with E-state index < -0.39 is 11.6 Å². The third-order valence-electron chi connectivity index (χ3n) is 4.16. The maximum absolute atomic E-state index is 11.4. The second kappa shape index (κ2) is 8.28. The molecule has 1 aromatic carbocycles. The Balaban J connectivity index is 2.38. The molecule has 10 heteroatoms. The maximum Gasteiger partial charge on any atom is 0.271 e. The number of primary amides is 1. The van der Waals surface area contributed by atoms with E-state index in [1.807, 2.05) is 0 Å². The number of rotatable bonds is 7. The predicted molar refractivity (Wildman–Crippen MR) is 106 cm³/mol. The van der Waals surface area contributed by atoms with Gasteiger partial charge in [-0.25, -0.2) is 4.99 Å². The molecule has 0 aromatic heterocycles. The van der Waals surface area contributed by atoms with Crippen molar-refractivity contribution in [2.75, 3.05) is 0 Å². The number of aliphatic imine (C=N–C) groups is 2. The Labute approximate surface area is 162 Å². The second-order valence-corrected chi connectivity index (χ2v) is 6.58. The summed E-state index contributed by atoms with van der Waals surface area (Å²) in [6, 6.07) is 6.37. The lowest BCUT2D eigenvalue weighted by atomic mass is 10.0. The van der Waals surface area contributed by atoms with Crippen molar-refractivity contribution in [3.05, 3.63) is 41.3 Å². The van der Waals surface area contributed by atoms with Crippen LogP contribution in [0.1, 0.15) is 37.8 Å². The van der Waals surface area contributed by atoms with E-state index in [-0.39, 0.29) is 34.3 Å². The molecule has 0 bridgehead atoms. The molecule has 0 saturated heterocycles. The number of hydrogen-bond donors (Lipinski definition) is 6. The Morgan fingerprint density at radius 2 is 2.00 bits per heavy atom. The van der Waals surface area contributed by atoms with Crippen molar-refractivity contribution in [3.63, 3.8) is 0 Å². The highest BCUT2D eigenvalue weighted by Crippen LogP contribution is 2.27. The van der Waals surface area contributed by atoms with Gasteiger partial charge in [-0.15, -0.1) is 0 Å². The number of phenols is 1. The van der Waals surface area contributed by atoms with Gasteiger partial charge in [0.15, 0.2) is 10.9 Å². The first-order valence-corrected chi connectivity index (χ1v) is 8.80. The van der Waals surface area contributed by atoms with Gasteiger partial charge in [0.1, 0.15) is 17.4 Å². The summed E-state index contributed by atoms with van der Waals surface area (Å²) in [5.74, 6) is -0.874. The van der Waals surface area contributed by atoms with Crippen LogP contribution in [0, 0.1) is 0 Å². The molecular formula is C17H24ClN7O2. The lowest BCUT2D eigenvalue weighted by Crippen LogP contribution is -2.68. The van der Waals surface area contributed by atoms with Gasteiger partial charge in [0, 0.05) is 0 Å². The molecule has 0 spiro atoms. The van der Waals surface area contributed by atoms with Crippen LogP contribution in [0.15, 0.2) is 45.8 Å². The van der Waals surface area contributed by atoms with Crippen molar-refractivity contribution in [2.24, 2.45) is 32.9 Å². The fourth-order valence-corrected chi connectivity index (χ4v) is 2.83. The van der Waals surface area contributed by atoms with Crippen LogP contribution in [0.2, 0.25) is 0 Å². The monoisotopic (exact) mass is 393 g/mol. The van der Waals surface area contributed by atoms with Crippen LogP contribution in [0.5, 0.6) is 5.75 Å². The van der Waals surface area contributed by atoms with E-state index in [0.717, 1.165) is 18.4 Å². The minimum atomic E-state index is -1.66. The highest BCUT2D eigenvalue weighted by Gasteiger charge is 2.40. The van der Waals surface area contributed by atoms with E-state index in [9.17, 15) is 9.90 Å². The van der Waals surface area contributed by atoms with Crippen LogP contribution >= 0.6 is 11.6 Å². The summed E-state index contributed by atoms with van der Waals surface area (Å²) in [6.07, 6.45) is 2.59. The summed E-state index contributed by atoms with van der Waals surface area (Å²) in [5, 5.41) is 12.0. The van der Waals surface area contributed by atoms with E-state index >= 15 is 0 Å². The Bertz CT molecular complexity index is 804. The summed E-state index contributed by atoms with van der Waals surface area (Å²) in [5.41, 5.74) is 22.3. The van der Waals surface area contributed by atoms with Gasteiger partial charge in [-0.2, -0.15) is 0 Å². The van der Waals surface area contributed by atoms with Gasteiger partial charge in [0.2, 0.25) is 5.66 Å². The first-order chi connectivity index (χ1) is 12.7. The van der Waals surface area contributed by atoms with Crippen molar-refractivity contribution in [2.45, 2.75) is 37.9 Å². The lowest BCUT2D eigenvalue weighted by molar-refractivity contribution is -0.114. The van der Waals surface area contributed by atoms with E-state index in [1.165, 1.54) is 0 Å². The second-order valence-electron chi connectivity index (χ2n) is 6.23. The minimum absolute atomic E-state index is 0.0445. The zero-order valence-corrected chi connectivity index (χ0v) is 15.7. The molecule has 2 unspecified atom stereocenters. The number of carbonyl (C=O) groups is 1. The van der Waals surface area contributed by atoms with Crippen LogP contribution in [-0.2, 0) is 4.79 Å². The molecule has 1 aromatic rings. The molecule has 1 aliphatic heterocycles. The SMILES string of the molecule is CCCCC(N=C(N)C1(N)NC(N)=C(C(N)=O)N=C1Cl)c1ccc(O)cc1. The first-order valence-electron chi connectivity index (χ1n) is 8.43. The average molecular weight is 394 g/mol. The number of amidine groups is 1. The third kappa shape index (κ3) is 4.50. The van der Waals surface area contributed by atoms with Gasteiger partial charge in [-0.3, -0.25) is 15.5 Å². The van der Waals surface area contributed by atoms with Crippen molar-refractivity contribution in [3.8, 4) is 5.75 Å². The van der Waals surface area contributed by atoms with Gasteiger partial charge in [0.05, 0.1) is 6.04 Å². The standard InChI is InChI=1S/C17H24ClN7O2/c1-2-3-4-11(9-5-7-10(26)8-6-9)23-16(21)17(22)15(18)24-12(14(20)27)13(19)25-17/h5-8,11,25-26H,2-4,19,22H2,1H3,(H2,20,27)(H2,21,23). The molecule has 9 nitrogen and oxygen atoms in total. The molecule has 2 atom stereocenters. The summed E-state index contributed by atoms with van der Waals surface area (Å²) in [6.45, 7) is 2.06. The Hall–Kier alpha value is -2.78. The van der Waals surface area contributed by atoms with Crippen LogP contribution in [0.4, 0.5) is 0 Å². The summed E-state index contributed by atoms with van der Waals surface area (Å²) < 4.78 is 0. The zero-order chi connectivity index (χ0) is 20.2. The average Bonchev–Trinajstić information content (AvgIpc) is 2.62. The van der Waals surface area contributed by atoms with Crippen molar-refractivity contribution < 1.29 is 9.90 Å². The van der Waals surface area contributed by atoms with Gasteiger partial charge >= 0.3 is 0 Å². The molecule has 1 amide bonds. The number of unbranched alkanes of at least 4 members (excludes halogenated alkanes) is 1. The number of nitrogens with two attached hydrogens (primary N) is 4. The number of aromatic hydroxyl groups is 1. The molecule has 0 fully saturated rings. The molecule has 1 aliphatic rings. The maximum atomic E-state index is 11.4. The summed E-state index contributed by atoms with van der Waals surface area (Å²) in [4.78, 5) is 19.8. The van der Waals surface area contributed by atoms with E-state index in [2.05, 4.69) is 22.2 Å². The molecular weight excluding hydrogens is 370 g/mol. The summed E-state index contributed by atoms with van der Waals surface area (Å²) >= 11 is 6.15. The molecule has 10 N–H and O–H groups in total. The molecule has 27 heavy (non-hydrogen) atoms. The third-order valence-corrected chi connectivity index (χ3v) is 4.55. The number of phenolic OH excluding ortho intramolecular Hbond substituents is 1. The van der Waals surface area contributed by atoms with Gasteiger partial charge in [-0.1, -0.05) is 43.5 Å². The number of nitrogens with zero attached hydrogens (tertiary/aromatic N) is 2. The quantitative estimate of drug-likeness (QED) is 0.289. The predicted octanol–water partition coefficient (Wildman–Crippen LogP) is 0.489. The van der Waals surface area contributed by atoms with Crippen LogP contribution in [0.25, 0.3) is 0 Å². The first kappa shape index (κ1) is 20.5. The van der Waals surface area contributed by atoms with Crippen molar-refractivity contribution >= 4 is 28.5 Å². The lowest BCUT2D eigenvalue weighted by Gasteiger charge is -2.33. The Morgan fingerprint density at radius 1 is 1.37 bits per heavy atom. The van der Waals surface area contributed by atoms with Gasteiger partial charge < -0.3 is 27.6 Å². The fourth-order valence-electron chi connectivity index (χ4n) is 2.60. The van der Waals surface area contributed by atoms with Gasteiger partial charge in [-0.05, 0) is 24.1 Å². The topological polar surface area (TPSA) is 178 Å². The van der Waals surface area contributed by atoms with Crippen LogP contribution in [0.3, 0.4) is 0 Å². The Morgan fingerprint density at radius 3 is 2.56 bits per heavy atom. The molecule has 0 aliphatic carbocycles. The molecule has 2 rings (SSSR count). The summed E-state index contributed by atoms with van der Waals surface area (Å²) in [7, 11) is 0.